The van der Waals surface area contributed by atoms with Gasteiger partial charge in [-0.2, -0.15) is 0 Å². The summed E-state index contributed by atoms with van der Waals surface area (Å²) in [4.78, 5) is 0. The number of hydrogen-bond donors (Lipinski definition) is 1. The molecular formula is C36H44BF6N3O5Si. The van der Waals surface area contributed by atoms with Crippen molar-refractivity contribution in [2.75, 3.05) is 18.5 Å². The molecule has 5 rings (SSSR count). The normalized spacial score (nSPS) is 15.9. The van der Waals surface area contributed by atoms with Crippen LogP contribution < -0.4 is 20.3 Å². The van der Waals surface area contributed by atoms with Gasteiger partial charge in [0.25, 0.3) is 0 Å². The zero-order chi connectivity index (χ0) is 38.8. The molecule has 1 aromatic heterocycles. The van der Waals surface area contributed by atoms with E-state index >= 15 is 0 Å². The molecule has 2 heterocycles. The van der Waals surface area contributed by atoms with Gasteiger partial charge in [-0.1, -0.05) is 57.2 Å². The lowest BCUT2D eigenvalue weighted by Gasteiger charge is -2.36. The fourth-order valence-electron chi connectivity index (χ4n) is 4.76. The monoisotopic (exact) mass is 751 g/mol. The van der Waals surface area contributed by atoms with Crippen molar-refractivity contribution in [3.05, 3.63) is 72.8 Å². The molecule has 16 heteroatoms. The van der Waals surface area contributed by atoms with Crippen LogP contribution in [-0.2, 0) is 13.7 Å². The van der Waals surface area contributed by atoms with Crippen molar-refractivity contribution in [2.24, 2.45) is 0 Å². The van der Waals surface area contributed by atoms with E-state index in [1.807, 2.05) is 52.0 Å². The molecule has 1 N–H and O–H groups in total. The largest absolute Gasteiger partial charge is 0.573 e. The number of rotatable bonds is 9. The van der Waals surface area contributed by atoms with Crippen LogP contribution in [-0.4, -0.2) is 62.7 Å². The van der Waals surface area contributed by atoms with Crippen molar-refractivity contribution in [2.45, 2.75) is 90.5 Å². The first-order valence-electron chi connectivity index (χ1n) is 16.6. The molecule has 1 aliphatic rings. The van der Waals surface area contributed by atoms with E-state index in [1.54, 1.807) is 0 Å². The molecule has 1 fully saturated rings. The number of hydrogen-bond acceptors (Lipinski definition) is 8. The predicted octanol–water partition coefficient (Wildman–Crippen LogP) is 9.51. The second kappa shape index (κ2) is 15.2. The van der Waals surface area contributed by atoms with Crippen molar-refractivity contribution < 1.29 is 49.6 Å². The Labute approximate surface area is 301 Å². The van der Waals surface area contributed by atoms with Crippen LogP contribution in [0, 0.1) is 0 Å². The van der Waals surface area contributed by atoms with Gasteiger partial charge in [-0.25, -0.2) is 0 Å². The number of anilines is 1. The average Bonchev–Trinajstić information content (AvgIpc) is 3.24. The minimum Gasteiger partial charge on any atom is -0.415 e. The zero-order valence-corrected chi connectivity index (χ0v) is 31.6. The van der Waals surface area contributed by atoms with E-state index in [1.165, 1.54) is 48.5 Å². The summed E-state index contributed by atoms with van der Waals surface area (Å²) in [6.45, 7) is 19.8. The Hall–Kier alpha value is -3.86. The van der Waals surface area contributed by atoms with Gasteiger partial charge in [-0.3, -0.25) is 0 Å². The minimum atomic E-state index is -4.73. The third-order valence-electron chi connectivity index (χ3n) is 9.35. The summed E-state index contributed by atoms with van der Waals surface area (Å²) in [6, 6.07) is 18.8. The van der Waals surface area contributed by atoms with E-state index in [-0.39, 0.29) is 16.5 Å². The van der Waals surface area contributed by atoms with E-state index in [9.17, 15) is 26.3 Å². The maximum absolute atomic E-state index is 12.4. The molecule has 0 spiro atoms. The fourth-order valence-corrected chi connectivity index (χ4v) is 5.81. The molecule has 4 aromatic rings. The van der Waals surface area contributed by atoms with Crippen molar-refractivity contribution >= 4 is 37.5 Å². The summed E-state index contributed by atoms with van der Waals surface area (Å²) in [7, 11) is -2.42. The Balaban J connectivity index is 0.000000259. The molecule has 0 atom stereocenters. The molecular weight excluding hydrogens is 707 g/mol. The van der Waals surface area contributed by atoms with Crippen LogP contribution in [0.4, 0.5) is 32.2 Å². The molecule has 3 aromatic carbocycles. The summed E-state index contributed by atoms with van der Waals surface area (Å²) in [5.41, 5.74) is 0.911. The first-order chi connectivity index (χ1) is 23.9. The zero-order valence-electron chi connectivity index (χ0n) is 30.6. The highest BCUT2D eigenvalue weighted by atomic mass is 28.4. The maximum atomic E-state index is 12.4. The highest BCUT2D eigenvalue weighted by molar-refractivity contribution is 6.74. The number of nitrogens with one attached hydrogen (secondary N) is 1. The first kappa shape index (κ1) is 40.9. The van der Waals surface area contributed by atoms with Crippen LogP contribution in [0.3, 0.4) is 0 Å². The molecule has 0 unspecified atom stereocenters. The minimum absolute atomic E-state index is 0.141. The van der Waals surface area contributed by atoms with Crippen molar-refractivity contribution in [3.63, 3.8) is 0 Å². The number of ether oxygens (including phenoxy) is 2. The van der Waals surface area contributed by atoms with Gasteiger partial charge >= 0.3 is 19.8 Å². The topological polar surface area (TPSA) is 84.0 Å². The van der Waals surface area contributed by atoms with E-state index in [2.05, 4.69) is 58.9 Å². The summed E-state index contributed by atoms with van der Waals surface area (Å²) in [6.07, 6.45) is -9.42. The van der Waals surface area contributed by atoms with Gasteiger partial charge in [0, 0.05) is 22.9 Å². The van der Waals surface area contributed by atoms with Gasteiger partial charge in [0.15, 0.2) is 14.1 Å². The van der Waals surface area contributed by atoms with Gasteiger partial charge < -0.3 is 28.5 Å². The van der Waals surface area contributed by atoms with Crippen LogP contribution in [0.15, 0.2) is 72.8 Å². The van der Waals surface area contributed by atoms with E-state index in [0.29, 0.717) is 35.7 Å². The molecule has 0 saturated carbocycles. The molecule has 0 amide bonds. The summed E-state index contributed by atoms with van der Waals surface area (Å²) >= 11 is 0. The molecule has 8 nitrogen and oxygen atoms in total. The molecule has 0 bridgehead atoms. The van der Waals surface area contributed by atoms with Gasteiger partial charge in [-0.05, 0) is 87.7 Å². The number of halogens is 6. The lowest BCUT2D eigenvalue weighted by molar-refractivity contribution is -0.275. The van der Waals surface area contributed by atoms with E-state index in [4.69, 9.17) is 13.7 Å². The Kier molecular flexibility index (Phi) is 12.0. The SMILES string of the molecule is CC(C)(C)[Si](C)(C)OCCNc1nnc(-c2ccc(OC(F)(F)F)cc2)c2ccccc12.CC1(C)OB(c2ccc(OC(F)(F)F)cc2)OC1(C)C. The Morgan fingerprint density at radius 3 is 1.67 bits per heavy atom. The van der Waals surface area contributed by atoms with Crippen LogP contribution in [0.2, 0.25) is 18.1 Å². The van der Waals surface area contributed by atoms with Crippen LogP contribution >= 0.6 is 0 Å². The first-order valence-corrected chi connectivity index (χ1v) is 19.5. The van der Waals surface area contributed by atoms with Gasteiger partial charge in [0.05, 0.1) is 17.8 Å². The Bertz CT molecular complexity index is 1780. The second-order valence-electron chi connectivity index (χ2n) is 14.8. The molecule has 52 heavy (non-hydrogen) atoms. The number of alkyl halides is 6. The molecule has 1 aliphatic heterocycles. The van der Waals surface area contributed by atoms with Crippen LogP contribution in [0.25, 0.3) is 22.0 Å². The maximum Gasteiger partial charge on any atom is 0.573 e. The van der Waals surface area contributed by atoms with Crippen molar-refractivity contribution in [1.82, 2.24) is 10.2 Å². The van der Waals surface area contributed by atoms with E-state index < -0.39 is 39.4 Å². The second-order valence-corrected chi connectivity index (χ2v) is 19.6. The lowest BCUT2D eigenvalue weighted by Crippen LogP contribution is -2.41. The fraction of sp³-hybridized carbons (Fsp3) is 0.444. The van der Waals surface area contributed by atoms with Crippen molar-refractivity contribution in [1.29, 1.82) is 0 Å². The Morgan fingerprint density at radius 2 is 1.19 bits per heavy atom. The summed E-state index contributed by atoms with van der Waals surface area (Å²) in [5.74, 6) is 0.0940. The Morgan fingerprint density at radius 1 is 0.712 bits per heavy atom. The molecule has 0 aliphatic carbocycles. The third kappa shape index (κ3) is 10.6. The van der Waals surface area contributed by atoms with E-state index in [0.717, 1.165) is 10.8 Å². The number of aromatic nitrogens is 2. The summed E-state index contributed by atoms with van der Waals surface area (Å²) < 4.78 is 99.0. The highest BCUT2D eigenvalue weighted by Crippen LogP contribution is 2.38. The molecule has 1 saturated heterocycles. The van der Waals surface area contributed by atoms with Crippen LogP contribution in [0.1, 0.15) is 48.5 Å². The lowest BCUT2D eigenvalue weighted by atomic mass is 9.79. The summed E-state index contributed by atoms with van der Waals surface area (Å²) in [5, 5.41) is 13.8. The number of benzene rings is 3. The quantitative estimate of drug-likeness (QED) is 0.103. The van der Waals surface area contributed by atoms with Crippen LogP contribution in [0.5, 0.6) is 11.5 Å². The number of fused-ring (bicyclic) bond motifs is 1. The molecule has 282 valence electrons. The molecule has 0 radical (unpaired) electrons. The van der Waals surface area contributed by atoms with Gasteiger partial charge in [0.1, 0.15) is 17.2 Å². The van der Waals surface area contributed by atoms with Gasteiger partial charge in [-0.15, -0.1) is 36.5 Å². The van der Waals surface area contributed by atoms with Gasteiger partial charge in [0.2, 0.25) is 0 Å². The predicted molar refractivity (Wildman–Crippen MR) is 192 cm³/mol. The average molecular weight is 752 g/mol. The third-order valence-corrected chi connectivity index (χ3v) is 13.9. The highest BCUT2D eigenvalue weighted by Gasteiger charge is 2.51. The standard InChI is InChI=1S/C23H28F3N3O2Si.C13H16BF3O3/c1-22(2,3)32(4,5)30-15-14-27-21-19-9-7-6-8-18(19)20(28-29-21)16-10-12-17(13-11-16)31-23(24,25)26;1-11(2)12(3,4)20-14(19-11)9-5-7-10(8-6-9)18-13(15,16)17/h6-13H,14-15H2,1-5H3,(H,27,29);5-8H,1-4H3. The smallest absolute Gasteiger partial charge is 0.415 e. The van der Waals surface area contributed by atoms with Crippen molar-refractivity contribution in [3.8, 4) is 22.8 Å². The number of nitrogens with zero attached hydrogens (tertiary/aromatic N) is 2.